The van der Waals surface area contributed by atoms with Crippen molar-refractivity contribution in [3.63, 3.8) is 0 Å². The Morgan fingerprint density at radius 1 is 1.03 bits per heavy atom. The van der Waals surface area contributed by atoms with Gasteiger partial charge < -0.3 is 10.4 Å². The maximum Gasteiger partial charge on any atom is 0.417 e. The standard InChI is InChI=1S/C23H17ClF3N3O/c1-13-4-9-19(29-12-13)30-20(15-6-8-18(24)17(11-15)23(25,26)27)16-7-5-14-3-2-10-28-21(14)22(16)31/h2-12,20,31H,1H3,(H,29,30). The monoisotopic (exact) mass is 443 g/mol. The number of nitrogens with zero attached hydrogens (tertiary/aromatic N) is 2. The molecule has 2 heterocycles. The van der Waals surface area contributed by atoms with Crippen LogP contribution in [0.2, 0.25) is 5.02 Å². The Kier molecular flexibility index (Phi) is 5.45. The Morgan fingerprint density at radius 2 is 1.84 bits per heavy atom. The van der Waals surface area contributed by atoms with Gasteiger partial charge in [-0.05, 0) is 42.3 Å². The van der Waals surface area contributed by atoms with Gasteiger partial charge >= 0.3 is 6.18 Å². The molecular formula is C23H17ClF3N3O. The van der Waals surface area contributed by atoms with Crippen LogP contribution in [0, 0.1) is 6.92 Å². The summed E-state index contributed by atoms with van der Waals surface area (Å²) in [6.07, 6.45) is -1.43. The van der Waals surface area contributed by atoms with Crippen LogP contribution in [0.4, 0.5) is 19.0 Å². The molecule has 0 saturated carbocycles. The van der Waals surface area contributed by atoms with E-state index >= 15 is 0 Å². The van der Waals surface area contributed by atoms with Crippen LogP contribution in [-0.2, 0) is 6.18 Å². The van der Waals surface area contributed by atoms with E-state index in [1.54, 1.807) is 42.7 Å². The highest BCUT2D eigenvalue weighted by molar-refractivity contribution is 6.31. The molecule has 31 heavy (non-hydrogen) atoms. The van der Waals surface area contributed by atoms with Gasteiger partial charge in [-0.15, -0.1) is 0 Å². The predicted molar refractivity (Wildman–Crippen MR) is 114 cm³/mol. The van der Waals surface area contributed by atoms with Crippen molar-refractivity contribution in [1.29, 1.82) is 0 Å². The van der Waals surface area contributed by atoms with Crippen molar-refractivity contribution in [2.24, 2.45) is 0 Å². The minimum Gasteiger partial charge on any atom is -0.505 e. The number of aryl methyl sites for hydroxylation is 1. The molecule has 1 unspecified atom stereocenters. The molecule has 0 radical (unpaired) electrons. The Hall–Kier alpha value is -3.32. The van der Waals surface area contributed by atoms with E-state index in [2.05, 4.69) is 15.3 Å². The molecule has 2 N–H and O–H groups in total. The lowest BCUT2D eigenvalue weighted by Gasteiger charge is -2.23. The third kappa shape index (κ3) is 4.27. The highest BCUT2D eigenvalue weighted by Gasteiger charge is 2.34. The van der Waals surface area contributed by atoms with Crippen LogP contribution < -0.4 is 5.32 Å². The van der Waals surface area contributed by atoms with Crippen molar-refractivity contribution in [3.8, 4) is 5.75 Å². The molecular weight excluding hydrogens is 427 g/mol. The average Bonchev–Trinajstić information content (AvgIpc) is 2.74. The van der Waals surface area contributed by atoms with Crippen LogP contribution in [0.15, 0.2) is 67.0 Å². The summed E-state index contributed by atoms with van der Waals surface area (Å²) >= 11 is 5.81. The summed E-state index contributed by atoms with van der Waals surface area (Å²) in [4.78, 5) is 8.51. The molecule has 0 amide bonds. The van der Waals surface area contributed by atoms with Gasteiger partial charge in [0, 0.05) is 23.3 Å². The maximum absolute atomic E-state index is 13.5. The number of hydrogen-bond donors (Lipinski definition) is 2. The maximum atomic E-state index is 13.5. The molecule has 0 spiro atoms. The first-order chi connectivity index (χ1) is 14.7. The molecule has 8 heteroatoms. The van der Waals surface area contributed by atoms with Crippen molar-refractivity contribution in [2.75, 3.05) is 5.32 Å². The zero-order valence-electron chi connectivity index (χ0n) is 16.3. The first-order valence-electron chi connectivity index (χ1n) is 9.36. The van der Waals surface area contributed by atoms with Gasteiger partial charge in [0.25, 0.3) is 0 Å². The van der Waals surface area contributed by atoms with Crippen molar-refractivity contribution in [1.82, 2.24) is 9.97 Å². The van der Waals surface area contributed by atoms with E-state index in [4.69, 9.17) is 11.6 Å². The summed E-state index contributed by atoms with van der Waals surface area (Å²) in [7, 11) is 0. The van der Waals surface area contributed by atoms with E-state index in [-0.39, 0.29) is 11.3 Å². The summed E-state index contributed by atoms with van der Waals surface area (Å²) in [5, 5.41) is 14.4. The molecule has 4 rings (SSSR count). The van der Waals surface area contributed by atoms with Crippen molar-refractivity contribution in [2.45, 2.75) is 19.1 Å². The normalized spacial score (nSPS) is 12.7. The third-order valence-electron chi connectivity index (χ3n) is 4.92. The first-order valence-corrected chi connectivity index (χ1v) is 9.74. The van der Waals surface area contributed by atoms with E-state index < -0.39 is 22.8 Å². The zero-order valence-corrected chi connectivity index (χ0v) is 17.0. The quantitative estimate of drug-likeness (QED) is 0.377. The Labute approximate surface area is 181 Å². The number of benzene rings is 2. The van der Waals surface area contributed by atoms with Crippen LogP contribution in [0.1, 0.15) is 28.3 Å². The van der Waals surface area contributed by atoms with Crippen LogP contribution in [-0.4, -0.2) is 15.1 Å². The molecule has 2 aromatic carbocycles. The number of phenolic OH excluding ortho intramolecular Hbond substituents is 1. The topological polar surface area (TPSA) is 58.0 Å². The van der Waals surface area contributed by atoms with Crippen LogP contribution >= 0.6 is 11.6 Å². The largest absolute Gasteiger partial charge is 0.505 e. The van der Waals surface area contributed by atoms with Gasteiger partial charge in [0.15, 0.2) is 0 Å². The molecule has 0 saturated heterocycles. The lowest BCUT2D eigenvalue weighted by atomic mass is 9.94. The number of aromatic nitrogens is 2. The molecule has 4 aromatic rings. The fourth-order valence-electron chi connectivity index (χ4n) is 3.36. The molecule has 0 aliphatic rings. The molecule has 0 bridgehead atoms. The zero-order chi connectivity index (χ0) is 22.2. The fourth-order valence-corrected chi connectivity index (χ4v) is 3.58. The first kappa shape index (κ1) is 20.9. The fraction of sp³-hybridized carbons (Fsp3) is 0.130. The smallest absolute Gasteiger partial charge is 0.417 e. The number of alkyl halides is 3. The minimum absolute atomic E-state index is 0.119. The second kappa shape index (κ2) is 8.07. The summed E-state index contributed by atoms with van der Waals surface area (Å²) in [5.74, 6) is 0.325. The number of pyridine rings is 2. The van der Waals surface area contributed by atoms with Crippen molar-refractivity contribution >= 4 is 28.3 Å². The summed E-state index contributed by atoms with van der Waals surface area (Å²) in [6.45, 7) is 1.88. The Morgan fingerprint density at radius 3 is 2.55 bits per heavy atom. The predicted octanol–water partition coefficient (Wildman–Crippen LogP) is 6.52. The van der Waals surface area contributed by atoms with Crippen LogP contribution in [0.5, 0.6) is 5.75 Å². The summed E-state index contributed by atoms with van der Waals surface area (Å²) in [5.41, 5.74) is 0.974. The molecule has 0 aliphatic carbocycles. The second-order valence-corrected chi connectivity index (χ2v) is 7.52. The molecule has 158 valence electrons. The van der Waals surface area contributed by atoms with E-state index in [1.165, 1.54) is 12.1 Å². The molecule has 1 atom stereocenters. The lowest BCUT2D eigenvalue weighted by molar-refractivity contribution is -0.137. The van der Waals surface area contributed by atoms with Gasteiger partial charge in [0.2, 0.25) is 0 Å². The summed E-state index contributed by atoms with van der Waals surface area (Å²) in [6, 6.07) is 13.3. The number of fused-ring (bicyclic) bond motifs is 1. The number of halogens is 4. The molecule has 2 aromatic heterocycles. The Balaban J connectivity index is 1.88. The van der Waals surface area contributed by atoms with E-state index in [0.717, 1.165) is 11.6 Å². The molecule has 0 aliphatic heterocycles. The number of aromatic hydroxyl groups is 1. The molecule has 0 fully saturated rings. The van der Waals surface area contributed by atoms with Gasteiger partial charge in [0.1, 0.15) is 17.1 Å². The number of rotatable bonds is 4. The average molecular weight is 444 g/mol. The number of anilines is 1. The van der Waals surface area contributed by atoms with Crippen molar-refractivity contribution in [3.05, 3.63) is 94.3 Å². The van der Waals surface area contributed by atoms with Gasteiger partial charge in [-0.2, -0.15) is 13.2 Å². The number of hydrogen-bond acceptors (Lipinski definition) is 4. The van der Waals surface area contributed by atoms with Crippen LogP contribution in [0.25, 0.3) is 10.9 Å². The molecule has 4 nitrogen and oxygen atoms in total. The van der Waals surface area contributed by atoms with Gasteiger partial charge in [-0.25, -0.2) is 4.98 Å². The minimum atomic E-state index is -4.62. The van der Waals surface area contributed by atoms with Gasteiger partial charge in [0.05, 0.1) is 16.6 Å². The van der Waals surface area contributed by atoms with E-state index in [0.29, 0.717) is 22.3 Å². The number of nitrogens with one attached hydrogen (secondary N) is 1. The number of phenols is 1. The van der Waals surface area contributed by atoms with E-state index in [9.17, 15) is 18.3 Å². The van der Waals surface area contributed by atoms with Gasteiger partial charge in [-0.1, -0.05) is 41.9 Å². The SMILES string of the molecule is Cc1ccc(NC(c2ccc(Cl)c(C(F)(F)F)c2)c2ccc3cccnc3c2O)nc1. The lowest BCUT2D eigenvalue weighted by Crippen LogP contribution is -2.15. The summed E-state index contributed by atoms with van der Waals surface area (Å²) < 4.78 is 40.4. The van der Waals surface area contributed by atoms with Crippen molar-refractivity contribution < 1.29 is 18.3 Å². The second-order valence-electron chi connectivity index (χ2n) is 7.11. The third-order valence-corrected chi connectivity index (χ3v) is 5.25. The van der Waals surface area contributed by atoms with E-state index in [1.807, 2.05) is 13.0 Å². The Bertz CT molecular complexity index is 1240. The van der Waals surface area contributed by atoms with Gasteiger partial charge in [-0.3, -0.25) is 4.98 Å². The van der Waals surface area contributed by atoms with Crippen LogP contribution in [0.3, 0.4) is 0 Å². The highest BCUT2D eigenvalue weighted by atomic mass is 35.5. The highest BCUT2D eigenvalue weighted by Crippen LogP contribution is 2.40.